The predicted octanol–water partition coefficient (Wildman–Crippen LogP) is 5.18. The van der Waals surface area contributed by atoms with Gasteiger partial charge < -0.3 is 10.1 Å². The van der Waals surface area contributed by atoms with Gasteiger partial charge in [-0.25, -0.2) is 9.48 Å². The number of carbonyl (C=O) groups excluding carboxylic acids is 2. The van der Waals surface area contributed by atoms with E-state index in [9.17, 15) is 9.59 Å². The van der Waals surface area contributed by atoms with Crippen LogP contribution in [0.15, 0.2) is 84.9 Å². The van der Waals surface area contributed by atoms with Gasteiger partial charge in [-0.3, -0.25) is 4.79 Å². The Morgan fingerprint density at radius 2 is 1.73 bits per heavy atom. The van der Waals surface area contributed by atoms with Crippen LogP contribution in [0.2, 0.25) is 0 Å². The van der Waals surface area contributed by atoms with E-state index in [2.05, 4.69) is 29.1 Å². The Hall–Kier alpha value is -4.19. The lowest BCUT2D eigenvalue weighted by molar-refractivity contribution is 0.0519. The molecule has 0 aliphatic rings. The van der Waals surface area contributed by atoms with E-state index < -0.39 is 5.97 Å². The first-order chi connectivity index (χ1) is 16.0. The zero-order chi connectivity index (χ0) is 23.4. The quantitative estimate of drug-likeness (QED) is 0.318. The maximum Gasteiger partial charge on any atom is 0.358 e. The molecule has 33 heavy (non-hydrogen) atoms. The highest BCUT2D eigenvalue weighted by Gasteiger charge is 2.18. The number of fused-ring (bicyclic) bond motifs is 1. The second-order valence-electron chi connectivity index (χ2n) is 7.80. The SMILES string of the molecule is C=C(C)CNC(=O)c1ccc(-n2nc(C(=O)OCC)cc2-c2ccc3ccccc3c2)cc1. The zero-order valence-corrected chi connectivity index (χ0v) is 18.7. The van der Waals surface area contributed by atoms with E-state index in [4.69, 9.17) is 4.74 Å². The normalized spacial score (nSPS) is 10.7. The third-order valence-corrected chi connectivity index (χ3v) is 5.16. The first kappa shape index (κ1) is 22.0. The van der Waals surface area contributed by atoms with Crippen molar-refractivity contribution in [2.45, 2.75) is 13.8 Å². The first-order valence-corrected chi connectivity index (χ1v) is 10.8. The van der Waals surface area contributed by atoms with Crippen molar-refractivity contribution < 1.29 is 14.3 Å². The highest BCUT2D eigenvalue weighted by atomic mass is 16.5. The summed E-state index contributed by atoms with van der Waals surface area (Å²) in [7, 11) is 0. The van der Waals surface area contributed by atoms with Gasteiger partial charge in [0.1, 0.15) is 0 Å². The van der Waals surface area contributed by atoms with E-state index in [1.165, 1.54) is 0 Å². The summed E-state index contributed by atoms with van der Waals surface area (Å²) in [5.41, 5.74) is 4.03. The molecular weight excluding hydrogens is 414 g/mol. The van der Waals surface area contributed by atoms with Gasteiger partial charge in [-0.2, -0.15) is 5.10 Å². The fraction of sp³-hybridized carbons (Fsp3) is 0.148. The molecule has 0 saturated heterocycles. The van der Waals surface area contributed by atoms with Crippen molar-refractivity contribution in [1.82, 2.24) is 15.1 Å². The van der Waals surface area contributed by atoms with Crippen LogP contribution in [0.1, 0.15) is 34.7 Å². The minimum absolute atomic E-state index is 0.174. The molecule has 6 nitrogen and oxygen atoms in total. The molecule has 166 valence electrons. The monoisotopic (exact) mass is 439 g/mol. The molecule has 0 aliphatic heterocycles. The van der Waals surface area contributed by atoms with E-state index in [0.717, 1.165) is 33.3 Å². The molecule has 4 aromatic rings. The number of amides is 1. The average molecular weight is 440 g/mol. The lowest BCUT2D eigenvalue weighted by atomic mass is 10.0. The lowest BCUT2D eigenvalue weighted by Gasteiger charge is -2.10. The molecule has 0 saturated carbocycles. The Labute approximate surface area is 192 Å². The van der Waals surface area contributed by atoms with E-state index in [-0.39, 0.29) is 18.2 Å². The van der Waals surface area contributed by atoms with Crippen molar-refractivity contribution in [3.05, 3.63) is 96.2 Å². The Bertz CT molecular complexity index is 1340. The number of rotatable bonds is 7. The molecule has 1 amide bonds. The van der Waals surface area contributed by atoms with Crippen LogP contribution in [0.25, 0.3) is 27.7 Å². The molecular formula is C27H25N3O3. The van der Waals surface area contributed by atoms with Gasteiger partial charge in [0.05, 0.1) is 18.0 Å². The highest BCUT2D eigenvalue weighted by molar-refractivity contribution is 5.94. The molecule has 0 atom stereocenters. The Morgan fingerprint density at radius 3 is 2.42 bits per heavy atom. The summed E-state index contributed by atoms with van der Waals surface area (Å²) in [6.45, 7) is 8.11. The number of ether oxygens (including phenoxy) is 1. The molecule has 0 spiro atoms. The number of nitrogens with zero attached hydrogens (tertiary/aromatic N) is 2. The van der Waals surface area contributed by atoms with E-state index >= 15 is 0 Å². The van der Waals surface area contributed by atoms with Gasteiger partial charge in [-0.15, -0.1) is 0 Å². The fourth-order valence-electron chi connectivity index (χ4n) is 3.52. The summed E-state index contributed by atoms with van der Waals surface area (Å²) < 4.78 is 6.86. The molecule has 0 aliphatic carbocycles. The van der Waals surface area contributed by atoms with Gasteiger partial charge in [-0.1, -0.05) is 48.6 Å². The molecule has 0 bridgehead atoms. The minimum Gasteiger partial charge on any atom is -0.461 e. The van der Waals surface area contributed by atoms with Crippen molar-refractivity contribution in [2.24, 2.45) is 0 Å². The molecule has 4 rings (SSSR count). The van der Waals surface area contributed by atoms with Crippen molar-refractivity contribution in [2.75, 3.05) is 13.2 Å². The number of hydrogen-bond acceptors (Lipinski definition) is 4. The van der Waals surface area contributed by atoms with Crippen LogP contribution < -0.4 is 5.32 Å². The van der Waals surface area contributed by atoms with Crippen LogP contribution in [0.4, 0.5) is 0 Å². The van der Waals surface area contributed by atoms with Crippen molar-refractivity contribution >= 4 is 22.6 Å². The predicted molar refractivity (Wildman–Crippen MR) is 130 cm³/mol. The average Bonchev–Trinajstić information content (AvgIpc) is 3.28. The molecule has 0 fully saturated rings. The van der Waals surface area contributed by atoms with Crippen LogP contribution in [0.3, 0.4) is 0 Å². The summed E-state index contributed by atoms with van der Waals surface area (Å²) >= 11 is 0. The number of carbonyl (C=O) groups is 2. The minimum atomic E-state index is -0.478. The number of nitrogens with one attached hydrogen (secondary N) is 1. The van der Waals surface area contributed by atoms with E-state index in [0.29, 0.717) is 12.1 Å². The van der Waals surface area contributed by atoms with Gasteiger partial charge in [0.25, 0.3) is 5.91 Å². The Balaban J connectivity index is 1.74. The van der Waals surface area contributed by atoms with Gasteiger partial charge in [0.2, 0.25) is 0 Å². The number of benzene rings is 3. The molecule has 3 aromatic carbocycles. The smallest absolute Gasteiger partial charge is 0.358 e. The van der Waals surface area contributed by atoms with Gasteiger partial charge in [-0.05, 0) is 61.0 Å². The number of hydrogen-bond donors (Lipinski definition) is 1. The van der Waals surface area contributed by atoms with Gasteiger partial charge >= 0.3 is 5.97 Å². The Morgan fingerprint density at radius 1 is 1.00 bits per heavy atom. The van der Waals surface area contributed by atoms with Gasteiger partial charge in [0.15, 0.2) is 5.69 Å². The van der Waals surface area contributed by atoms with Crippen LogP contribution >= 0.6 is 0 Å². The molecule has 6 heteroatoms. The van der Waals surface area contributed by atoms with Crippen LogP contribution in [0.5, 0.6) is 0 Å². The molecule has 1 aromatic heterocycles. The van der Waals surface area contributed by atoms with E-state index in [1.54, 1.807) is 29.8 Å². The van der Waals surface area contributed by atoms with Gasteiger partial charge in [0, 0.05) is 17.7 Å². The maximum absolute atomic E-state index is 12.4. The summed E-state index contributed by atoms with van der Waals surface area (Å²) in [4.78, 5) is 24.7. The highest BCUT2D eigenvalue weighted by Crippen LogP contribution is 2.28. The third kappa shape index (κ3) is 4.85. The molecule has 1 heterocycles. The largest absolute Gasteiger partial charge is 0.461 e. The molecule has 0 radical (unpaired) electrons. The van der Waals surface area contributed by atoms with Crippen LogP contribution in [-0.2, 0) is 4.74 Å². The summed E-state index contributed by atoms with van der Waals surface area (Å²) in [6.07, 6.45) is 0. The van der Waals surface area contributed by atoms with E-state index in [1.807, 2.05) is 49.4 Å². The van der Waals surface area contributed by atoms with Crippen molar-refractivity contribution in [3.63, 3.8) is 0 Å². The fourth-order valence-corrected chi connectivity index (χ4v) is 3.52. The summed E-state index contributed by atoms with van der Waals surface area (Å²) in [5, 5.41) is 9.56. The standard InChI is InChI=1S/C27H25N3O3/c1-4-33-27(32)24-16-25(22-10-9-19-7-5-6-8-21(19)15-22)30(29-24)23-13-11-20(12-14-23)26(31)28-17-18(2)3/h5-16H,2,4,17H2,1,3H3,(H,28,31). The van der Waals surface area contributed by atoms with Crippen molar-refractivity contribution in [1.29, 1.82) is 0 Å². The summed E-state index contributed by atoms with van der Waals surface area (Å²) in [6, 6.07) is 23.0. The van der Waals surface area contributed by atoms with Crippen LogP contribution in [0, 0.1) is 0 Å². The first-order valence-electron chi connectivity index (χ1n) is 10.8. The second-order valence-corrected chi connectivity index (χ2v) is 7.80. The van der Waals surface area contributed by atoms with Crippen molar-refractivity contribution in [3.8, 4) is 16.9 Å². The maximum atomic E-state index is 12.4. The topological polar surface area (TPSA) is 73.2 Å². The van der Waals surface area contributed by atoms with Crippen LogP contribution in [-0.4, -0.2) is 34.8 Å². The molecule has 1 N–H and O–H groups in total. The zero-order valence-electron chi connectivity index (χ0n) is 18.7. The molecule has 0 unspecified atom stereocenters. The second kappa shape index (κ2) is 9.53. The lowest BCUT2D eigenvalue weighted by Crippen LogP contribution is -2.24. The Kier molecular flexibility index (Phi) is 6.36. The number of esters is 1. The number of aromatic nitrogens is 2. The summed E-state index contributed by atoms with van der Waals surface area (Å²) in [5.74, 6) is -0.652. The third-order valence-electron chi connectivity index (χ3n) is 5.16.